The van der Waals surface area contributed by atoms with E-state index >= 15 is 0 Å². The molecule has 1 aromatic carbocycles. The highest BCUT2D eigenvalue weighted by atomic mass is 16.5. The quantitative estimate of drug-likeness (QED) is 0.928. The lowest BCUT2D eigenvalue weighted by Gasteiger charge is -2.35. The maximum Gasteiger partial charge on any atom is 0.261 e. The van der Waals surface area contributed by atoms with Crippen molar-refractivity contribution in [2.75, 3.05) is 0 Å². The lowest BCUT2D eigenvalue weighted by atomic mass is 9.78. The van der Waals surface area contributed by atoms with Gasteiger partial charge in [-0.15, -0.1) is 0 Å². The summed E-state index contributed by atoms with van der Waals surface area (Å²) in [5.41, 5.74) is 0.528. The minimum Gasteiger partial charge on any atom is -0.481 e. The van der Waals surface area contributed by atoms with Crippen LogP contribution >= 0.6 is 0 Å². The summed E-state index contributed by atoms with van der Waals surface area (Å²) in [7, 11) is 0. The molecule has 4 heteroatoms. The maximum atomic E-state index is 12.3. The molecular weight excluding hydrogens is 276 g/mol. The SMILES string of the molecule is C[C@@H]1[C@H](C)CCC[C@@H]1NC(=O)[C@@H](C)Oc1cccc(C#N)c1. The topological polar surface area (TPSA) is 62.1 Å². The van der Waals surface area contributed by atoms with E-state index in [-0.39, 0.29) is 11.9 Å². The third kappa shape index (κ3) is 4.00. The fourth-order valence-corrected chi connectivity index (χ4v) is 2.98. The molecule has 0 bridgehead atoms. The van der Waals surface area contributed by atoms with Gasteiger partial charge < -0.3 is 10.1 Å². The number of amides is 1. The molecule has 0 saturated heterocycles. The van der Waals surface area contributed by atoms with Crippen molar-refractivity contribution in [2.24, 2.45) is 11.8 Å². The molecule has 1 N–H and O–H groups in total. The lowest BCUT2D eigenvalue weighted by Crippen LogP contribution is -2.48. The first-order valence-electron chi connectivity index (χ1n) is 7.98. The van der Waals surface area contributed by atoms with Gasteiger partial charge in [-0.25, -0.2) is 0 Å². The van der Waals surface area contributed by atoms with Crippen LogP contribution in [0.5, 0.6) is 5.75 Å². The molecule has 0 spiro atoms. The predicted molar refractivity (Wildman–Crippen MR) is 85.4 cm³/mol. The van der Waals surface area contributed by atoms with E-state index in [1.54, 1.807) is 31.2 Å². The number of hydrogen-bond donors (Lipinski definition) is 1. The number of rotatable bonds is 4. The van der Waals surface area contributed by atoms with Gasteiger partial charge >= 0.3 is 0 Å². The van der Waals surface area contributed by atoms with Crippen LogP contribution in [0.3, 0.4) is 0 Å². The average molecular weight is 300 g/mol. The van der Waals surface area contributed by atoms with Crippen LogP contribution in [0.4, 0.5) is 0 Å². The van der Waals surface area contributed by atoms with Crippen molar-refractivity contribution in [3.63, 3.8) is 0 Å². The van der Waals surface area contributed by atoms with Crippen molar-refractivity contribution in [1.82, 2.24) is 5.32 Å². The number of carbonyl (C=O) groups is 1. The Hall–Kier alpha value is -2.02. The number of carbonyl (C=O) groups excluding carboxylic acids is 1. The normalized spacial score (nSPS) is 25.8. The van der Waals surface area contributed by atoms with E-state index in [9.17, 15) is 4.79 Å². The van der Waals surface area contributed by atoms with E-state index in [1.165, 1.54) is 6.42 Å². The summed E-state index contributed by atoms with van der Waals surface area (Å²) in [6.07, 6.45) is 2.86. The Bertz CT molecular complexity index is 564. The van der Waals surface area contributed by atoms with Crippen LogP contribution in [-0.2, 0) is 4.79 Å². The van der Waals surface area contributed by atoms with Crippen molar-refractivity contribution in [3.8, 4) is 11.8 Å². The van der Waals surface area contributed by atoms with Crippen molar-refractivity contribution >= 4 is 5.91 Å². The molecule has 1 saturated carbocycles. The van der Waals surface area contributed by atoms with Crippen LogP contribution in [0.2, 0.25) is 0 Å². The summed E-state index contributed by atoms with van der Waals surface area (Å²) < 4.78 is 5.66. The number of ether oxygens (including phenoxy) is 1. The molecule has 1 aromatic rings. The molecule has 0 unspecified atom stereocenters. The number of nitrogens with zero attached hydrogens (tertiary/aromatic N) is 1. The van der Waals surface area contributed by atoms with Crippen LogP contribution in [0.25, 0.3) is 0 Å². The Labute approximate surface area is 132 Å². The van der Waals surface area contributed by atoms with Crippen molar-refractivity contribution in [1.29, 1.82) is 5.26 Å². The second-order valence-corrected chi connectivity index (χ2v) is 6.28. The zero-order valence-corrected chi connectivity index (χ0v) is 13.5. The summed E-state index contributed by atoms with van der Waals surface area (Å²) in [4.78, 5) is 12.3. The monoisotopic (exact) mass is 300 g/mol. The Kier molecular flexibility index (Phi) is 5.43. The molecule has 1 amide bonds. The molecule has 118 valence electrons. The Morgan fingerprint density at radius 3 is 2.91 bits per heavy atom. The number of nitrogens with one attached hydrogen (secondary N) is 1. The summed E-state index contributed by atoms with van der Waals surface area (Å²) in [5, 5.41) is 12.0. The highest BCUT2D eigenvalue weighted by molar-refractivity contribution is 5.81. The molecule has 4 atom stereocenters. The molecule has 0 aromatic heterocycles. The van der Waals surface area contributed by atoms with Gasteiger partial charge in [-0.1, -0.05) is 32.8 Å². The lowest BCUT2D eigenvalue weighted by molar-refractivity contribution is -0.128. The fraction of sp³-hybridized carbons (Fsp3) is 0.556. The van der Waals surface area contributed by atoms with Gasteiger partial charge in [-0.05, 0) is 43.4 Å². The molecule has 1 aliphatic carbocycles. The minimum absolute atomic E-state index is 0.0895. The van der Waals surface area contributed by atoms with Crippen molar-refractivity contribution in [3.05, 3.63) is 29.8 Å². The second-order valence-electron chi connectivity index (χ2n) is 6.28. The van der Waals surface area contributed by atoms with Gasteiger partial charge in [0, 0.05) is 6.04 Å². The first-order valence-corrected chi connectivity index (χ1v) is 7.98. The van der Waals surface area contributed by atoms with Crippen LogP contribution < -0.4 is 10.1 Å². The Morgan fingerprint density at radius 1 is 1.41 bits per heavy atom. The van der Waals surface area contributed by atoms with E-state index in [4.69, 9.17) is 10.00 Å². The van der Waals surface area contributed by atoms with Gasteiger partial charge in [-0.3, -0.25) is 4.79 Å². The standard InChI is InChI=1S/C18H24N2O2/c1-12-6-4-9-17(13(12)2)20-18(21)14(3)22-16-8-5-7-15(10-16)11-19/h5,7-8,10,12-14,17H,4,6,9H2,1-3H3,(H,20,21)/t12-,13-,14-,17+/m1/s1. The fourth-order valence-electron chi connectivity index (χ4n) is 2.98. The predicted octanol–water partition coefficient (Wildman–Crippen LogP) is 3.27. The molecule has 1 fully saturated rings. The highest BCUT2D eigenvalue weighted by Crippen LogP contribution is 2.29. The van der Waals surface area contributed by atoms with E-state index in [2.05, 4.69) is 25.2 Å². The van der Waals surface area contributed by atoms with Gasteiger partial charge in [0.2, 0.25) is 0 Å². The van der Waals surface area contributed by atoms with Gasteiger partial charge in [0.1, 0.15) is 5.75 Å². The van der Waals surface area contributed by atoms with Gasteiger partial charge in [-0.2, -0.15) is 5.26 Å². The van der Waals surface area contributed by atoms with Gasteiger partial charge in [0.25, 0.3) is 5.91 Å². The Morgan fingerprint density at radius 2 is 2.18 bits per heavy atom. The third-order valence-electron chi connectivity index (χ3n) is 4.68. The molecule has 0 radical (unpaired) electrons. The first kappa shape index (κ1) is 16.4. The Balaban J connectivity index is 1.93. The molecule has 2 rings (SSSR count). The van der Waals surface area contributed by atoms with Crippen LogP contribution in [-0.4, -0.2) is 18.1 Å². The van der Waals surface area contributed by atoms with E-state index < -0.39 is 6.10 Å². The zero-order valence-electron chi connectivity index (χ0n) is 13.5. The van der Waals surface area contributed by atoms with Crippen LogP contribution in [0, 0.1) is 23.2 Å². The highest BCUT2D eigenvalue weighted by Gasteiger charge is 2.29. The van der Waals surface area contributed by atoms with Crippen molar-refractivity contribution in [2.45, 2.75) is 52.2 Å². The van der Waals surface area contributed by atoms with Gasteiger partial charge in [0.05, 0.1) is 11.6 Å². The molecule has 0 heterocycles. The van der Waals surface area contributed by atoms with Crippen LogP contribution in [0.1, 0.15) is 45.6 Å². The summed E-state index contributed by atoms with van der Waals surface area (Å²) in [6, 6.07) is 9.17. The molecule has 4 nitrogen and oxygen atoms in total. The van der Waals surface area contributed by atoms with E-state index in [0.717, 1.165) is 12.8 Å². The molecule has 0 aliphatic heterocycles. The number of nitriles is 1. The minimum atomic E-state index is -0.571. The molecule has 1 aliphatic rings. The van der Waals surface area contributed by atoms with Crippen LogP contribution in [0.15, 0.2) is 24.3 Å². The third-order valence-corrected chi connectivity index (χ3v) is 4.68. The summed E-state index contributed by atoms with van der Waals surface area (Å²) in [6.45, 7) is 6.19. The average Bonchev–Trinajstić information content (AvgIpc) is 2.52. The summed E-state index contributed by atoms with van der Waals surface area (Å²) >= 11 is 0. The van der Waals surface area contributed by atoms with Crippen molar-refractivity contribution < 1.29 is 9.53 Å². The molecule has 22 heavy (non-hydrogen) atoms. The number of benzene rings is 1. The zero-order chi connectivity index (χ0) is 16.1. The van der Waals surface area contributed by atoms with E-state index in [0.29, 0.717) is 23.1 Å². The second kappa shape index (κ2) is 7.31. The maximum absolute atomic E-state index is 12.3. The largest absolute Gasteiger partial charge is 0.481 e. The first-order chi connectivity index (χ1) is 10.5. The number of hydrogen-bond acceptors (Lipinski definition) is 3. The van der Waals surface area contributed by atoms with Gasteiger partial charge in [0.15, 0.2) is 6.10 Å². The smallest absolute Gasteiger partial charge is 0.261 e. The summed E-state index contributed by atoms with van der Waals surface area (Å²) in [5.74, 6) is 1.59. The molecular formula is C18H24N2O2. The van der Waals surface area contributed by atoms with E-state index in [1.807, 2.05) is 0 Å².